The number of fused-ring (bicyclic) bond motifs is 4. The summed E-state index contributed by atoms with van der Waals surface area (Å²) in [5, 5.41) is 42.2. The fraction of sp³-hybridized carbons (Fsp3) is 0.616. The van der Waals surface area contributed by atoms with Gasteiger partial charge in [-0.15, -0.1) is 0 Å². The van der Waals surface area contributed by atoms with Crippen molar-refractivity contribution in [1.82, 2.24) is 78.1 Å². The van der Waals surface area contributed by atoms with Crippen LogP contribution in [0, 0.1) is 41.0 Å². The molecule has 824 valence electrons. The Morgan fingerprint density at radius 1 is 0.433 bits per heavy atom. The number of nitrogens with one attached hydrogen (secondary N) is 1. The highest BCUT2D eigenvalue weighted by atomic mass is 32.2. The molecule has 0 saturated carbocycles. The molecule has 4 saturated heterocycles. The summed E-state index contributed by atoms with van der Waals surface area (Å²) >= 11 is 0. The molecule has 8 aromatic heterocycles. The number of nitrogens with two attached hydrogens (primary N) is 4. The summed E-state index contributed by atoms with van der Waals surface area (Å²) in [4.78, 5) is 83.8. The maximum atomic E-state index is 13.5. The van der Waals surface area contributed by atoms with Crippen LogP contribution < -0.4 is 42.2 Å². The van der Waals surface area contributed by atoms with Gasteiger partial charge in [-0.05, 0) is 153 Å². The normalized spacial score (nSPS) is 21.0. The van der Waals surface area contributed by atoms with E-state index in [1.54, 1.807) is 95.1 Å². The number of aryl methyl sites for hydroxylation is 3. The van der Waals surface area contributed by atoms with E-state index in [1.165, 1.54) is 18.5 Å². The second kappa shape index (κ2) is 44.7. The minimum atomic E-state index is -4.25. The predicted octanol–water partition coefficient (Wildman–Crippen LogP) is 18.3. The molecule has 11 N–H and O–H groups in total. The Bertz CT molecular complexity index is 6820. The molecule has 150 heavy (non-hydrogen) atoms. The summed E-state index contributed by atoms with van der Waals surface area (Å²) in [5.74, 6) is -0.187. The minimum Gasteiger partial charge on any atom is -0.471 e. The minimum absolute atomic E-state index is 0.00306. The van der Waals surface area contributed by atoms with Gasteiger partial charge in [-0.1, -0.05) is 167 Å². The molecule has 0 radical (unpaired) electrons. The van der Waals surface area contributed by atoms with Crippen molar-refractivity contribution < 1.29 is 87.6 Å². The molecule has 0 bridgehead atoms. The van der Waals surface area contributed by atoms with Gasteiger partial charge in [0.15, 0.2) is 94.6 Å². The third-order valence-electron chi connectivity index (χ3n) is 31.0. The Morgan fingerprint density at radius 3 is 1.04 bits per heavy atom. The van der Waals surface area contributed by atoms with E-state index in [4.69, 9.17) is 82.1 Å². The van der Waals surface area contributed by atoms with Crippen molar-refractivity contribution in [3.63, 3.8) is 0 Å². The Morgan fingerprint density at radius 2 is 0.727 bits per heavy atom. The lowest BCUT2D eigenvalue weighted by Gasteiger charge is -2.40. The molecule has 0 aliphatic carbocycles. The van der Waals surface area contributed by atoms with Crippen LogP contribution in [0.5, 0.6) is 17.6 Å². The van der Waals surface area contributed by atoms with E-state index < -0.39 is 101 Å². The van der Waals surface area contributed by atoms with Crippen LogP contribution in [0.25, 0.3) is 44.7 Å². The maximum absolute atomic E-state index is 13.5. The van der Waals surface area contributed by atoms with Gasteiger partial charge in [0, 0.05) is 37.8 Å². The van der Waals surface area contributed by atoms with Crippen molar-refractivity contribution in [3.8, 4) is 17.6 Å². The fourth-order valence-corrected chi connectivity index (χ4v) is 24.5. The average molecular weight is 2210 g/mol. The molecule has 11 aromatic rings. The number of nitro benzene ring substituents is 2. The number of nitro groups is 2. The van der Waals surface area contributed by atoms with E-state index in [0.717, 1.165) is 5.56 Å². The molecule has 0 amide bonds. The van der Waals surface area contributed by atoms with Gasteiger partial charge in [0.1, 0.15) is 67.4 Å². The van der Waals surface area contributed by atoms with Crippen LogP contribution in [0.4, 0.5) is 35.2 Å². The quantitative estimate of drug-likeness (QED) is 0.00918. The summed E-state index contributed by atoms with van der Waals surface area (Å²) in [6.45, 7) is 73.0. The van der Waals surface area contributed by atoms with E-state index in [-0.39, 0.29) is 174 Å². The number of aliphatic hydroxyl groups excluding tert-OH is 2. The Kier molecular flexibility index (Phi) is 35.3. The Balaban J connectivity index is 0.000000180. The van der Waals surface area contributed by atoms with Gasteiger partial charge in [0.2, 0.25) is 35.6 Å². The smallest absolute Gasteiger partial charge is 0.341 e. The largest absolute Gasteiger partial charge is 0.471 e. The lowest BCUT2D eigenvalue weighted by atomic mass is 10.1. The first kappa shape index (κ1) is 118. The number of nitrogens with zero attached hydrogens (tertiary/aromatic N) is 17. The number of benzene rings is 3. The van der Waals surface area contributed by atoms with Gasteiger partial charge in [0.05, 0.1) is 97.1 Å². The lowest BCUT2D eigenvalue weighted by Crippen LogP contribution is -2.48. The van der Waals surface area contributed by atoms with Crippen molar-refractivity contribution in [3.05, 3.63) is 144 Å². The van der Waals surface area contributed by atoms with Gasteiger partial charge in [-0.25, -0.2) is 19.9 Å². The zero-order chi connectivity index (χ0) is 111. The number of para-hydroxylation sites is 2. The van der Waals surface area contributed by atoms with Crippen LogP contribution in [0.2, 0.25) is 109 Å². The highest BCUT2D eigenvalue weighted by Crippen LogP contribution is 2.50. The summed E-state index contributed by atoms with van der Waals surface area (Å²) in [7, 11) is -16.6. The van der Waals surface area contributed by atoms with E-state index >= 15 is 0 Å². The Hall–Kier alpha value is -10.2. The van der Waals surface area contributed by atoms with Crippen LogP contribution in [0.15, 0.2) is 95.7 Å². The van der Waals surface area contributed by atoms with Crippen molar-refractivity contribution in [1.29, 1.82) is 0 Å². The molecule has 12 atom stereocenters. The number of hydrogen-bond acceptors (Lipinski definition) is 37. The number of aromatic amines is 1. The molecular formula is C99H156N22O22SSi6. The molecule has 44 nitrogen and oxygen atoms in total. The van der Waals surface area contributed by atoms with E-state index in [2.05, 4.69) is 263 Å². The monoisotopic (exact) mass is 2210 g/mol. The van der Waals surface area contributed by atoms with Crippen LogP contribution in [-0.4, -0.2) is 232 Å². The molecule has 0 unspecified atom stereocenters. The first-order chi connectivity index (χ1) is 69.1. The van der Waals surface area contributed by atoms with Gasteiger partial charge in [-0.2, -0.15) is 43.3 Å². The van der Waals surface area contributed by atoms with Crippen LogP contribution >= 0.6 is 0 Å². The SMILES string of the molecule is CC(C)(C)[Si](C)(C)OC[C@H]1O[C@@H](n2cnc3c(=O)[nH]c(N)nc32)C[C@H]1O[Si](C)(C)C(C)(C)C.CC(C)(C)[Si](C)(C)OC[C@H]1O[C@@H](n2cnc3c(OCc4ccccc4[N+](=O)[O-])nc(N)nc32)C[C@H]1O[Si](C)(C)C(C)(C)C.Cc1cc(C)c(S(=O)(=O)Oc2nc(N)nc3c2ncn3[C@H]2C[C@@H](O[Si](C)(C)C(C)(C)C)[C@@H](CO[Si](C)(C)C(C)(C)C)O2)c(C)c1.Nc1nc(OCc2ccccc2[N+](=O)[O-])c2ncn([C@H]3C[C@@H](O)[C@@H](CO)O3)c2n1. The molecule has 4 aliphatic rings. The van der Waals surface area contributed by atoms with E-state index in [1.807, 2.05) is 11.5 Å². The first-order valence-electron chi connectivity index (χ1n) is 50.5. The lowest BCUT2D eigenvalue weighted by molar-refractivity contribution is -0.386. The van der Waals surface area contributed by atoms with Gasteiger partial charge < -0.3 is 92.3 Å². The van der Waals surface area contributed by atoms with Crippen LogP contribution in [0.1, 0.15) is 203 Å². The second-order valence-electron chi connectivity index (χ2n) is 48.2. The molecule has 12 heterocycles. The Labute approximate surface area is 883 Å². The average Bonchev–Trinajstić information content (AvgIpc) is 1.62. The number of aromatic nitrogens is 16. The second-order valence-corrected chi connectivity index (χ2v) is 78.4. The predicted molar refractivity (Wildman–Crippen MR) is 588 cm³/mol. The highest BCUT2D eigenvalue weighted by molar-refractivity contribution is 7.87. The van der Waals surface area contributed by atoms with Crippen molar-refractivity contribution in [2.24, 2.45) is 0 Å². The van der Waals surface area contributed by atoms with E-state index in [0.29, 0.717) is 95.0 Å². The molecule has 15 rings (SSSR count). The summed E-state index contributed by atoms with van der Waals surface area (Å²) in [5.41, 5.74) is 28.8. The summed E-state index contributed by atoms with van der Waals surface area (Å²) < 4.78 is 117. The molecule has 0 spiro atoms. The third-order valence-corrected chi connectivity index (χ3v) is 59.5. The molecular weight excluding hydrogens is 2050 g/mol. The maximum Gasteiger partial charge on any atom is 0.341 e. The standard InChI is InChI=1S/C31H51N5O6SSi2.C29H46N6O6Si2.C22H41N5O4Si2.C17H18N6O6/c1-19-14-20(2)26(21(3)15-19)43(37,38)41-28-25-27(34-29(32)35-28)36(18-33-25)24-16-22(42-45(12,13)31(7,8)9)23(40-24)17-39-44(10,11)30(4,5)6;1-28(2,3)42(7,8)39-17-22-21(41-43(9,10)29(4,5)6)15-23(40-22)34-18-31-24-25(34)32-27(30)33-26(24)38-16-19-13-11-12-14-20(19)35(36)37;1-21(2,3)32(7,8)29-12-15-14(31-33(9,10)22(4,5)6)11-16(30-15)27-13-24-17-18(27)25-20(23)26-19(17)28;18-17-20-15-14(19-8-22(15)13-5-11(25)12(6-24)29-13)16(21-17)28-7-9-3-1-2-4-10(9)23(26)27/h14-15,18,22-24H,16-17H2,1-13H3,(H2,32,34,35);11-14,18,21-23H,15-17H2,1-10H3,(H2,30,32,33);13-16H,11-12H2,1-10H3,(H3,23,25,26,28);1-4,8,11-13,24-25H,5-7H2,(H2,18,20,21)/t22-,23-,24-;21-,22-,23-;14-,15-,16-;11-,12-,13-/m1111/s1. The highest BCUT2D eigenvalue weighted by Gasteiger charge is 2.53. The molecule has 3 aromatic carbocycles. The molecule has 4 aliphatic heterocycles. The number of hydrogen-bond donors (Lipinski definition) is 7. The topological polar surface area (TPSA) is 579 Å². The third kappa shape index (κ3) is 26.9. The number of rotatable bonds is 31. The number of imidazole rings is 4. The van der Waals surface area contributed by atoms with Crippen molar-refractivity contribution in [2.45, 2.75) is 372 Å². The number of H-pyrrole nitrogens is 1. The summed E-state index contributed by atoms with van der Waals surface area (Å²) in [6, 6.07) is 16.2. The van der Waals surface area contributed by atoms with Crippen molar-refractivity contribution >= 4 is 140 Å². The number of ether oxygens (including phenoxy) is 6. The first-order valence-corrected chi connectivity index (χ1v) is 69.3. The fourth-order valence-electron chi connectivity index (χ4n) is 16.1. The zero-order valence-electron chi connectivity index (χ0n) is 93.0. The number of nitrogen functional groups attached to an aromatic ring is 4. The summed E-state index contributed by atoms with van der Waals surface area (Å²) in [6.07, 6.45) is 3.46. The van der Waals surface area contributed by atoms with Gasteiger partial charge in [-0.3, -0.25) is 48.3 Å². The van der Waals surface area contributed by atoms with Gasteiger partial charge >= 0.3 is 10.1 Å². The van der Waals surface area contributed by atoms with Gasteiger partial charge in [0.25, 0.3) is 22.8 Å². The molecule has 51 heteroatoms. The van der Waals surface area contributed by atoms with Crippen LogP contribution in [-0.2, 0) is 68.8 Å². The molecule has 4 fully saturated rings. The van der Waals surface area contributed by atoms with Crippen LogP contribution in [0.3, 0.4) is 0 Å². The number of aliphatic hydroxyl groups is 2. The van der Waals surface area contributed by atoms with Crippen molar-refractivity contribution in [2.75, 3.05) is 49.4 Å². The zero-order valence-corrected chi connectivity index (χ0v) is 99.8. The van der Waals surface area contributed by atoms with E-state index in [9.17, 15) is 43.7 Å². The number of anilines is 4.